The Balaban J connectivity index is 1.56. The number of ether oxygens (including phenoxy) is 1. The SMILES string of the molecule is COc1ccccc1-c1nnc(SC(C)C(=O)N2c3ccccc3CC2C)n1N. The largest absolute Gasteiger partial charge is 0.496 e. The first-order valence-electron chi connectivity index (χ1n) is 9.42. The number of methoxy groups -OCH3 is 1. The molecule has 0 bridgehead atoms. The molecule has 3 aromatic rings. The summed E-state index contributed by atoms with van der Waals surface area (Å²) in [5.74, 6) is 7.44. The number of thioether (sulfide) groups is 1. The van der Waals surface area contributed by atoms with E-state index in [2.05, 4.69) is 23.2 Å². The Labute approximate surface area is 173 Å². The number of carbonyl (C=O) groups excluding carboxylic acids is 1. The number of anilines is 1. The number of nitrogens with zero attached hydrogens (tertiary/aromatic N) is 4. The van der Waals surface area contributed by atoms with E-state index >= 15 is 0 Å². The monoisotopic (exact) mass is 409 g/mol. The van der Waals surface area contributed by atoms with E-state index in [4.69, 9.17) is 10.6 Å². The Morgan fingerprint density at radius 1 is 1.21 bits per heavy atom. The van der Waals surface area contributed by atoms with Gasteiger partial charge in [0.1, 0.15) is 5.75 Å². The highest BCUT2D eigenvalue weighted by molar-refractivity contribution is 8.00. The van der Waals surface area contributed by atoms with Crippen LogP contribution in [0, 0.1) is 0 Å². The number of hydrogen-bond donors (Lipinski definition) is 1. The molecule has 150 valence electrons. The van der Waals surface area contributed by atoms with E-state index in [9.17, 15) is 4.79 Å². The molecule has 1 aromatic heterocycles. The average Bonchev–Trinajstić information content (AvgIpc) is 3.26. The molecule has 1 amide bonds. The maximum absolute atomic E-state index is 13.2. The molecule has 8 heteroatoms. The number of carbonyl (C=O) groups is 1. The fourth-order valence-corrected chi connectivity index (χ4v) is 4.49. The molecule has 2 atom stereocenters. The summed E-state index contributed by atoms with van der Waals surface area (Å²) < 4.78 is 6.80. The maximum Gasteiger partial charge on any atom is 0.240 e. The van der Waals surface area contributed by atoms with Crippen LogP contribution in [0.2, 0.25) is 0 Å². The van der Waals surface area contributed by atoms with Crippen LogP contribution in [0.3, 0.4) is 0 Å². The predicted molar refractivity (Wildman–Crippen MR) is 115 cm³/mol. The van der Waals surface area contributed by atoms with E-state index in [0.29, 0.717) is 16.7 Å². The van der Waals surface area contributed by atoms with Gasteiger partial charge in [-0.05, 0) is 44.0 Å². The fraction of sp³-hybridized carbons (Fsp3) is 0.286. The normalized spacial score (nSPS) is 16.5. The second kappa shape index (κ2) is 7.79. The van der Waals surface area contributed by atoms with Crippen molar-refractivity contribution in [3.63, 3.8) is 0 Å². The van der Waals surface area contributed by atoms with Gasteiger partial charge >= 0.3 is 0 Å². The van der Waals surface area contributed by atoms with Crippen molar-refractivity contribution in [2.75, 3.05) is 17.9 Å². The van der Waals surface area contributed by atoms with Crippen molar-refractivity contribution in [3.05, 3.63) is 54.1 Å². The number of hydrogen-bond acceptors (Lipinski definition) is 6. The van der Waals surface area contributed by atoms with E-state index in [0.717, 1.165) is 17.7 Å². The van der Waals surface area contributed by atoms with Crippen molar-refractivity contribution < 1.29 is 9.53 Å². The summed E-state index contributed by atoms with van der Waals surface area (Å²) in [5, 5.41) is 8.54. The van der Waals surface area contributed by atoms with Crippen LogP contribution < -0.4 is 15.5 Å². The van der Waals surface area contributed by atoms with Crippen LogP contribution in [-0.4, -0.2) is 39.2 Å². The standard InChI is InChI=1S/C21H23N5O2S/c1-13-12-15-8-4-6-10-17(15)25(13)20(27)14(2)29-21-24-23-19(26(21)22)16-9-5-7-11-18(16)28-3/h4-11,13-14H,12,22H2,1-3H3. The van der Waals surface area contributed by atoms with Crippen LogP contribution >= 0.6 is 11.8 Å². The molecular formula is C21H23N5O2S. The Hall–Kier alpha value is -3.00. The van der Waals surface area contributed by atoms with E-state index in [-0.39, 0.29) is 17.2 Å². The maximum atomic E-state index is 13.2. The van der Waals surface area contributed by atoms with Gasteiger partial charge < -0.3 is 15.5 Å². The number of fused-ring (bicyclic) bond motifs is 1. The van der Waals surface area contributed by atoms with Crippen molar-refractivity contribution in [1.82, 2.24) is 14.9 Å². The van der Waals surface area contributed by atoms with Gasteiger partial charge in [0.15, 0.2) is 5.82 Å². The van der Waals surface area contributed by atoms with Gasteiger partial charge in [-0.3, -0.25) is 4.79 Å². The van der Waals surface area contributed by atoms with Crippen molar-refractivity contribution in [3.8, 4) is 17.1 Å². The van der Waals surface area contributed by atoms with Crippen molar-refractivity contribution in [2.24, 2.45) is 0 Å². The average molecular weight is 410 g/mol. The molecule has 2 aromatic carbocycles. The minimum atomic E-state index is -0.361. The lowest BCUT2D eigenvalue weighted by molar-refractivity contribution is -0.118. The van der Waals surface area contributed by atoms with Gasteiger partial charge in [-0.25, -0.2) is 4.68 Å². The third-order valence-corrected chi connectivity index (χ3v) is 6.13. The number of nitrogens with two attached hydrogens (primary N) is 1. The number of rotatable bonds is 5. The van der Waals surface area contributed by atoms with Gasteiger partial charge in [0.2, 0.25) is 11.1 Å². The zero-order valence-electron chi connectivity index (χ0n) is 16.6. The summed E-state index contributed by atoms with van der Waals surface area (Å²) in [6.07, 6.45) is 0.865. The van der Waals surface area contributed by atoms with Crippen molar-refractivity contribution >= 4 is 23.4 Å². The summed E-state index contributed by atoms with van der Waals surface area (Å²) in [4.78, 5) is 15.1. The van der Waals surface area contributed by atoms with Gasteiger partial charge in [-0.1, -0.05) is 42.1 Å². The molecule has 2 unspecified atom stereocenters. The molecule has 4 rings (SSSR count). The molecule has 1 aliphatic heterocycles. The second-order valence-corrected chi connectivity index (χ2v) is 8.33. The first kappa shape index (κ1) is 19.3. The Morgan fingerprint density at radius 2 is 1.93 bits per heavy atom. The quantitative estimate of drug-likeness (QED) is 0.515. The molecule has 0 saturated heterocycles. The molecule has 1 aliphatic rings. The Morgan fingerprint density at radius 3 is 2.72 bits per heavy atom. The van der Waals surface area contributed by atoms with E-state index in [1.54, 1.807) is 7.11 Å². The Bertz CT molecular complexity index is 1050. The number of para-hydroxylation sites is 2. The number of nitrogen functional groups attached to an aromatic ring is 1. The highest BCUT2D eigenvalue weighted by Gasteiger charge is 2.34. The number of amides is 1. The van der Waals surface area contributed by atoms with Crippen LogP contribution in [0.5, 0.6) is 5.75 Å². The Kier molecular flexibility index (Phi) is 5.19. The summed E-state index contributed by atoms with van der Waals surface area (Å²) in [6, 6.07) is 15.7. The van der Waals surface area contributed by atoms with Gasteiger partial charge in [-0.15, -0.1) is 10.2 Å². The third-order valence-electron chi connectivity index (χ3n) is 5.09. The van der Waals surface area contributed by atoms with Crippen LogP contribution in [0.1, 0.15) is 19.4 Å². The first-order chi connectivity index (χ1) is 14.0. The van der Waals surface area contributed by atoms with Gasteiger partial charge in [0, 0.05) is 11.7 Å². The molecule has 2 heterocycles. The number of benzene rings is 2. The van der Waals surface area contributed by atoms with Gasteiger partial charge in [0.05, 0.1) is 17.9 Å². The molecule has 0 fully saturated rings. The molecule has 0 aliphatic carbocycles. The zero-order valence-corrected chi connectivity index (χ0v) is 17.4. The minimum absolute atomic E-state index is 0.0364. The van der Waals surface area contributed by atoms with Gasteiger partial charge in [-0.2, -0.15) is 0 Å². The van der Waals surface area contributed by atoms with E-state index < -0.39 is 0 Å². The summed E-state index contributed by atoms with van der Waals surface area (Å²) in [7, 11) is 1.60. The summed E-state index contributed by atoms with van der Waals surface area (Å²) in [5.41, 5.74) is 2.94. The smallest absolute Gasteiger partial charge is 0.240 e. The predicted octanol–water partition coefficient (Wildman–Crippen LogP) is 3.13. The minimum Gasteiger partial charge on any atom is -0.496 e. The van der Waals surface area contributed by atoms with Gasteiger partial charge in [0.25, 0.3) is 0 Å². The molecule has 29 heavy (non-hydrogen) atoms. The molecule has 2 N–H and O–H groups in total. The fourth-order valence-electron chi connectivity index (χ4n) is 3.68. The molecule has 7 nitrogen and oxygen atoms in total. The highest BCUT2D eigenvalue weighted by atomic mass is 32.2. The van der Waals surface area contributed by atoms with E-state index in [1.165, 1.54) is 22.0 Å². The van der Waals surface area contributed by atoms with Crippen molar-refractivity contribution in [2.45, 2.75) is 36.7 Å². The van der Waals surface area contributed by atoms with Crippen molar-refractivity contribution in [1.29, 1.82) is 0 Å². The zero-order chi connectivity index (χ0) is 20.5. The number of aromatic nitrogens is 3. The molecule has 0 saturated carbocycles. The highest BCUT2D eigenvalue weighted by Crippen LogP contribution is 2.35. The third kappa shape index (κ3) is 3.44. The first-order valence-corrected chi connectivity index (χ1v) is 10.3. The summed E-state index contributed by atoms with van der Waals surface area (Å²) >= 11 is 1.30. The summed E-state index contributed by atoms with van der Waals surface area (Å²) in [6.45, 7) is 3.94. The van der Waals surface area contributed by atoms with Crippen LogP contribution in [0.4, 0.5) is 5.69 Å². The van der Waals surface area contributed by atoms with Crippen LogP contribution in [-0.2, 0) is 11.2 Å². The topological polar surface area (TPSA) is 86.3 Å². The lowest BCUT2D eigenvalue weighted by atomic mass is 10.1. The lowest BCUT2D eigenvalue weighted by Crippen LogP contribution is -2.40. The van der Waals surface area contributed by atoms with Crippen LogP contribution in [0.15, 0.2) is 53.7 Å². The van der Waals surface area contributed by atoms with E-state index in [1.807, 2.05) is 54.3 Å². The lowest BCUT2D eigenvalue weighted by Gasteiger charge is -2.25. The van der Waals surface area contributed by atoms with Crippen LogP contribution in [0.25, 0.3) is 11.4 Å². The molecule has 0 radical (unpaired) electrons. The molecular weight excluding hydrogens is 386 g/mol. The molecule has 0 spiro atoms. The second-order valence-electron chi connectivity index (χ2n) is 7.03.